The van der Waals surface area contributed by atoms with Crippen LogP contribution in [0.5, 0.6) is 5.75 Å². The van der Waals surface area contributed by atoms with E-state index in [9.17, 15) is 23.6 Å². The molecule has 3 amide bonds. The topological polar surface area (TPSA) is 135 Å². The molecular formula is C30H33FN6O5. The maximum Gasteiger partial charge on any atom is 0.270 e. The summed E-state index contributed by atoms with van der Waals surface area (Å²) in [6, 6.07) is 6.66. The normalized spacial score (nSPS) is 22.8. The molecule has 11 nitrogen and oxygen atoms in total. The highest BCUT2D eigenvalue weighted by atomic mass is 19.1. The molecular weight excluding hydrogens is 543 g/mol. The minimum absolute atomic E-state index is 0.00126. The van der Waals surface area contributed by atoms with Crippen LogP contribution in [0.2, 0.25) is 0 Å². The number of Topliss-reactive ketones (excluding diaryl/α,β-unsaturated/α-hetero) is 1. The van der Waals surface area contributed by atoms with Crippen LogP contribution in [0.3, 0.4) is 0 Å². The van der Waals surface area contributed by atoms with Crippen molar-refractivity contribution in [2.24, 2.45) is 10.8 Å². The third kappa shape index (κ3) is 4.99. The van der Waals surface area contributed by atoms with E-state index in [-0.39, 0.29) is 59.1 Å². The Balaban J connectivity index is 1.15. The molecule has 7 rings (SSSR count). The molecule has 0 unspecified atom stereocenters. The maximum absolute atomic E-state index is 14.6. The van der Waals surface area contributed by atoms with E-state index in [1.54, 1.807) is 37.2 Å². The number of rotatable bonds is 7. The minimum Gasteiger partial charge on any atom is -0.486 e. The van der Waals surface area contributed by atoms with Gasteiger partial charge in [0.05, 0.1) is 6.20 Å². The van der Waals surface area contributed by atoms with Crippen molar-refractivity contribution < 1.29 is 28.3 Å². The SMILES string of the molecule is CN(C)C(=O)C12CCC(CNC(=O)c3cc(C(=O)NCc4ccc5c(c4)CC(=O)CO5)nc4c(F)cnn34)(CC1)CC2. The maximum atomic E-state index is 14.6. The number of hydrogen-bond donors (Lipinski definition) is 2. The summed E-state index contributed by atoms with van der Waals surface area (Å²) in [5.74, 6) is -1.02. The molecule has 1 aromatic carbocycles. The lowest BCUT2D eigenvalue weighted by atomic mass is 9.53. The summed E-state index contributed by atoms with van der Waals surface area (Å²) in [6.07, 6.45) is 6.12. The Kier molecular flexibility index (Phi) is 6.94. The zero-order chi connectivity index (χ0) is 29.6. The second kappa shape index (κ2) is 10.5. The predicted molar refractivity (Wildman–Crippen MR) is 148 cm³/mol. The first-order chi connectivity index (χ1) is 20.1. The number of benzene rings is 1. The first kappa shape index (κ1) is 27.8. The fourth-order valence-corrected chi connectivity index (χ4v) is 6.61. The predicted octanol–water partition coefficient (Wildman–Crippen LogP) is 2.46. The van der Waals surface area contributed by atoms with Crippen molar-refractivity contribution in [2.45, 2.75) is 51.5 Å². The van der Waals surface area contributed by atoms with Gasteiger partial charge in [-0.2, -0.15) is 5.10 Å². The first-order valence-corrected chi connectivity index (χ1v) is 14.2. The van der Waals surface area contributed by atoms with Gasteiger partial charge in [0.25, 0.3) is 11.8 Å². The summed E-state index contributed by atoms with van der Waals surface area (Å²) in [6.45, 7) is 0.603. The second-order valence-electron chi connectivity index (χ2n) is 12.0. The molecule has 2 N–H and O–H groups in total. The molecule has 2 bridgehead atoms. The van der Waals surface area contributed by atoms with Crippen LogP contribution in [0, 0.1) is 16.6 Å². The lowest BCUT2D eigenvalue weighted by molar-refractivity contribution is -0.149. The van der Waals surface area contributed by atoms with Gasteiger partial charge >= 0.3 is 0 Å². The zero-order valence-corrected chi connectivity index (χ0v) is 23.7. The molecule has 0 saturated heterocycles. The van der Waals surface area contributed by atoms with Crippen LogP contribution >= 0.6 is 0 Å². The minimum atomic E-state index is -0.752. The molecule has 3 fully saturated rings. The quantitative estimate of drug-likeness (QED) is 0.441. The molecule has 1 aliphatic heterocycles. The van der Waals surface area contributed by atoms with Crippen LogP contribution in [0.15, 0.2) is 30.5 Å². The van der Waals surface area contributed by atoms with Crippen molar-refractivity contribution in [3.63, 3.8) is 0 Å². The monoisotopic (exact) mass is 576 g/mol. The molecule has 2 aromatic heterocycles. The van der Waals surface area contributed by atoms with Crippen molar-refractivity contribution in [3.8, 4) is 5.75 Å². The van der Waals surface area contributed by atoms with Crippen LogP contribution < -0.4 is 15.4 Å². The smallest absolute Gasteiger partial charge is 0.270 e. The van der Waals surface area contributed by atoms with E-state index in [2.05, 4.69) is 20.7 Å². The van der Waals surface area contributed by atoms with Crippen LogP contribution in [-0.4, -0.2) is 70.2 Å². The van der Waals surface area contributed by atoms with Gasteiger partial charge in [0.2, 0.25) is 5.91 Å². The Hall–Kier alpha value is -4.35. The number of halogens is 1. The van der Waals surface area contributed by atoms with Gasteiger partial charge in [0.15, 0.2) is 17.2 Å². The Morgan fingerprint density at radius 3 is 2.50 bits per heavy atom. The average Bonchev–Trinajstić information content (AvgIpc) is 3.38. The summed E-state index contributed by atoms with van der Waals surface area (Å²) in [5.41, 5.74) is 0.760. The van der Waals surface area contributed by atoms with Crippen LogP contribution in [-0.2, 0) is 22.6 Å². The molecule has 3 saturated carbocycles. The van der Waals surface area contributed by atoms with Gasteiger partial charge in [-0.25, -0.2) is 13.9 Å². The first-order valence-electron chi connectivity index (χ1n) is 14.2. The number of aromatic nitrogens is 3. The number of ether oxygens (including phenoxy) is 1. The van der Waals surface area contributed by atoms with E-state index in [1.807, 2.05) is 0 Å². The highest BCUT2D eigenvalue weighted by Gasteiger charge is 2.52. The molecule has 12 heteroatoms. The molecule has 0 spiro atoms. The molecule has 220 valence electrons. The lowest BCUT2D eigenvalue weighted by Crippen LogP contribution is -2.52. The van der Waals surface area contributed by atoms with Crippen molar-refractivity contribution in [2.75, 3.05) is 27.2 Å². The van der Waals surface area contributed by atoms with Gasteiger partial charge in [-0.05, 0) is 61.6 Å². The van der Waals surface area contributed by atoms with Crippen LogP contribution in [0.1, 0.15) is 70.6 Å². The Morgan fingerprint density at radius 2 is 1.79 bits per heavy atom. The molecule has 3 aromatic rings. The van der Waals surface area contributed by atoms with Gasteiger partial charge in [-0.15, -0.1) is 0 Å². The summed E-state index contributed by atoms with van der Waals surface area (Å²) in [7, 11) is 3.59. The third-order valence-corrected chi connectivity index (χ3v) is 9.13. The van der Waals surface area contributed by atoms with E-state index in [1.165, 1.54) is 6.07 Å². The highest BCUT2D eigenvalue weighted by molar-refractivity contribution is 5.98. The molecule has 3 heterocycles. The Bertz CT molecular complexity index is 1590. The fourth-order valence-electron chi connectivity index (χ4n) is 6.61. The van der Waals surface area contributed by atoms with E-state index in [0.29, 0.717) is 12.3 Å². The van der Waals surface area contributed by atoms with Crippen LogP contribution in [0.4, 0.5) is 4.39 Å². The number of ketones is 1. The number of fused-ring (bicyclic) bond motifs is 5. The van der Waals surface area contributed by atoms with Crippen molar-refractivity contribution in [1.29, 1.82) is 0 Å². The number of nitrogens with zero attached hydrogens (tertiary/aromatic N) is 4. The van der Waals surface area contributed by atoms with Gasteiger partial charge in [0, 0.05) is 50.7 Å². The number of amides is 3. The van der Waals surface area contributed by atoms with Gasteiger partial charge < -0.3 is 20.3 Å². The Morgan fingerprint density at radius 1 is 1.05 bits per heavy atom. The number of carbonyl (C=O) groups is 4. The van der Waals surface area contributed by atoms with E-state index >= 15 is 0 Å². The molecule has 3 aliphatic carbocycles. The number of nitrogens with one attached hydrogen (secondary N) is 2. The molecule has 0 radical (unpaired) electrons. The average molecular weight is 577 g/mol. The van der Waals surface area contributed by atoms with Crippen molar-refractivity contribution >= 4 is 29.2 Å². The number of hydrogen-bond acceptors (Lipinski definition) is 7. The fraction of sp³-hybridized carbons (Fsp3) is 0.467. The standard InChI is InChI=1S/C30H33FN6O5/c1-36(2)28(41)30-8-5-29(6-9-30,7-10-30)17-33-27(40)23-13-22(35-25-21(31)15-34-37(23)25)26(39)32-14-18-3-4-24-19(11-18)12-20(38)16-42-24/h3-4,11,13,15H,5-10,12,14,16-17H2,1-2H3,(H,32,39)(H,33,40). The largest absolute Gasteiger partial charge is 0.486 e. The summed E-state index contributed by atoms with van der Waals surface area (Å²) < 4.78 is 21.1. The lowest BCUT2D eigenvalue weighted by Gasteiger charge is -2.53. The summed E-state index contributed by atoms with van der Waals surface area (Å²) in [5, 5.41) is 9.72. The van der Waals surface area contributed by atoms with E-state index < -0.39 is 17.6 Å². The Labute approximate surface area is 241 Å². The molecule has 4 aliphatic rings. The summed E-state index contributed by atoms with van der Waals surface area (Å²) in [4.78, 5) is 56.8. The number of carbonyl (C=O) groups excluding carboxylic acids is 4. The van der Waals surface area contributed by atoms with Crippen molar-refractivity contribution in [3.05, 3.63) is 58.8 Å². The third-order valence-electron chi connectivity index (χ3n) is 9.13. The van der Waals surface area contributed by atoms with E-state index in [4.69, 9.17) is 4.74 Å². The van der Waals surface area contributed by atoms with Crippen molar-refractivity contribution in [1.82, 2.24) is 30.1 Å². The second-order valence-corrected chi connectivity index (χ2v) is 12.0. The van der Waals surface area contributed by atoms with Crippen LogP contribution in [0.25, 0.3) is 5.65 Å². The highest BCUT2D eigenvalue weighted by Crippen LogP contribution is 2.57. The zero-order valence-electron chi connectivity index (χ0n) is 23.7. The molecule has 0 atom stereocenters. The van der Waals surface area contributed by atoms with Gasteiger partial charge in [-0.1, -0.05) is 6.07 Å². The van der Waals surface area contributed by atoms with E-state index in [0.717, 1.165) is 60.4 Å². The summed E-state index contributed by atoms with van der Waals surface area (Å²) >= 11 is 0. The molecule has 42 heavy (non-hydrogen) atoms. The van der Waals surface area contributed by atoms with Gasteiger partial charge in [0.1, 0.15) is 23.7 Å². The van der Waals surface area contributed by atoms with Gasteiger partial charge in [-0.3, -0.25) is 19.2 Å².